The summed E-state index contributed by atoms with van der Waals surface area (Å²) < 4.78 is 21.7. The first-order chi connectivity index (χ1) is 5.88. The molecule has 0 atom stereocenters. The molecule has 0 heterocycles. The van der Waals surface area contributed by atoms with E-state index in [1.165, 1.54) is 0 Å². The van der Waals surface area contributed by atoms with Gasteiger partial charge in [-0.2, -0.15) is 0 Å². The van der Waals surface area contributed by atoms with Crippen molar-refractivity contribution < 1.29 is 8.42 Å². The van der Waals surface area contributed by atoms with Gasteiger partial charge in [0.2, 0.25) is 10.0 Å². The Morgan fingerprint density at radius 3 is 2.46 bits per heavy atom. The van der Waals surface area contributed by atoms with Crippen molar-refractivity contribution in [3.63, 3.8) is 0 Å². The van der Waals surface area contributed by atoms with Crippen molar-refractivity contribution in [2.75, 3.05) is 0 Å². The Kier molecular flexibility index (Phi) is 2.73. The molecule has 0 radical (unpaired) electrons. The summed E-state index contributed by atoms with van der Waals surface area (Å²) in [5.74, 6) is -0.0828. The van der Waals surface area contributed by atoms with E-state index in [-0.39, 0.29) is 5.75 Å². The predicted molar refractivity (Wildman–Crippen MR) is 52.7 cm³/mol. The molecule has 0 bridgehead atoms. The van der Waals surface area contributed by atoms with Crippen LogP contribution >= 0.6 is 0 Å². The fourth-order valence-electron chi connectivity index (χ4n) is 1.17. The van der Waals surface area contributed by atoms with Crippen LogP contribution in [-0.4, -0.2) is 8.42 Å². The molecule has 0 unspecified atom stereocenters. The molecule has 0 aliphatic rings. The fraction of sp³-hybridized carbons (Fsp3) is 0.333. The Labute approximate surface area is 78.6 Å². The van der Waals surface area contributed by atoms with E-state index in [0.717, 1.165) is 16.7 Å². The Hall–Kier alpha value is -0.870. The smallest absolute Gasteiger partial charge is 0.213 e. The van der Waals surface area contributed by atoms with Gasteiger partial charge in [-0.15, -0.1) is 0 Å². The van der Waals surface area contributed by atoms with Crippen LogP contribution in [0.3, 0.4) is 0 Å². The standard InChI is InChI=1S/C9H13NO2S/c1-7-3-4-8(2)9(5-7)6-13(10,11)12/h3-5H,6H2,1-2H3,(H2,10,11,12). The van der Waals surface area contributed by atoms with Crippen molar-refractivity contribution in [1.82, 2.24) is 0 Å². The van der Waals surface area contributed by atoms with Gasteiger partial charge in [0.15, 0.2) is 0 Å². The van der Waals surface area contributed by atoms with E-state index in [1.807, 2.05) is 32.0 Å². The monoisotopic (exact) mass is 199 g/mol. The molecule has 1 aromatic rings. The molecule has 0 spiro atoms. The number of sulfonamides is 1. The molecule has 3 nitrogen and oxygen atoms in total. The molecule has 0 amide bonds. The summed E-state index contributed by atoms with van der Waals surface area (Å²) in [7, 11) is -3.42. The molecule has 4 heteroatoms. The van der Waals surface area contributed by atoms with E-state index in [2.05, 4.69) is 0 Å². The normalized spacial score (nSPS) is 11.6. The Bertz CT molecular complexity index is 410. The Morgan fingerprint density at radius 2 is 1.92 bits per heavy atom. The number of hydrogen-bond acceptors (Lipinski definition) is 2. The zero-order valence-electron chi connectivity index (χ0n) is 7.74. The van der Waals surface area contributed by atoms with Crippen molar-refractivity contribution in [1.29, 1.82) is 0 Å². The molecule has 0 saturated heterocycles. The number of rotatable bonds is 2. The number of hydrogen-bond donors (Lipinski definition) is 1. The number of benzene rings is 1. The molecule has 72 valence electrons. The van der Waals surface area contributed by atoms with E-state index >= 15 is 0 Å². The largest absolute Gasteiger partial charge is 0.228 e. The summed E-state index contributed by atoms with van der Waals surface area (Å²) in [6, 6.07) is 5.69. The lowest BCUT2D eigenvalue weighted by atomic mass is 10.1. The summed E-state index contributed by atoms with van der Waals surface area (Å²) in [6.07, 6.45) is 0. The van der Waals surface area contributed by atoms with E-state index in [1.54, 1.807) is 0 Å². The van der Waals surface area contributed by atoms with E-state index in [4.69, 9.17) is 5.14 Å². The highest BCUT2D eigenvalue weighted by atomic mass is 32.2. The summed E-state index contributed by atoms with van der Waals surface area (Å²) in [6.45, 7) is 3.80. The van der Waals surface area contributed by atoms with E-state index in [9.17, 15) is 8.42 Å². The van der Waals surface area contributed by atoms with Crippen molar-refractivity contribution in [3.05, 3.63) is 34.9 Å². The fourth-order valence-corrected chi connectivity index (χ4v) is 1.92. The minimum absolute atomic E-state index is 0.0828. The highest BCUT2D eigenvalue weighted by Gasteiger charge is 2.07. The maximum atomic E-state index is 10.8. The number of nitrogens with two attached hydrogens (primary N) is 1. The molecule has 0 aromatic heterocycles. The van der Waals surface area contributed by atoms with Gasteiger partial charge in [0.25, 0.3) is 0 Å². The van der Waals surface area contributed by atoms with Gasteiger partial charge in [0.1, 0.15) is 0 Å². The minimum Gasteiger partial charge on any atom is -0.228 e. The third-order valence-electron chi connectivity index (χ3n) is 1.86. The van der Waals surface area contributed by atoms with Crippen molar-refractivity contribution >= 4 is 10.0 Å². The predicted octanol–water partition coefficient (Wildman–Crippen LogP) is 1.09. The van der Waals surface area contributed by atoms with Crippen molar-refractivity contribution in [2.24, 2.45) is 5.14 Å². The average molecular weight is 199 g/mol. The summed E-state index contributed by atoms with van der Waals surface area (Å²) in [5.41, 5.74) is 2.78. The third kappa shape index (κ3) is 3.16. The van der Waals surface area contributed by atoms with Crippen LogP contribution in [0.4, 0.5) is 0 Å². The summed E-state index contributed by atoms with van der Waals surface area (Å²) in [5, 5.41) is 4.96. The van der Waals surface area contributed by atoms with Crippen molar-refractivity contribution in [3.8, 4) is 0 Å². The van der Waals surface area contributed by atoms with Crippen LogP contribution in [0.15, 0.2) is 18.2 Å². The van der Waals surface area contributed by atoms with Crippen LogP contribution in [0.5, 0.6) is 0 Å². The molecule has 0 saturated carbocycles. The van der Waals surface area contributed by atoms with Gasteiger partial charge < -0.3 is 0 Å². The molecule has 0 aliphatic heterocycles. The third-order valence-corrected chi connectivity index (χ3v) is 2.57. The molecular weight excluding hydrogens is 186 g/mol. The van der Waals surface area contributed by atoms with Gasteiger partial charge in [-0.05, 0) is 25.0 Å². The topological polar surface area (TPSA) is 60.2 Å². The average Bonchev–Trinajstić information content (AvgIpc) is 1.94. The van der Waals surface area contributed by atoms with Crippen LogP contribution in [0.1, 0.15) is 16.7 Å². The highest BCUT2D eigenvalue weighted by molar-refractivity contribution is 7.88. The molecule has 2 N–H and O–H groups in total. The molecule has 0 aliphatic carbocycles. The van der Waals surface area contributed by atoms with E-state index in [0.29, 0.717) is 0 Å². The molecule has 0 fully saturated rings. The lowest BCUT2D eigenvalue weighted by molar-refractivity contribution is 0.597. The van der Waals surface area contributed by atoms with Gasteiger partial charge in [-0.25, -0.2) is 13.6 Å². The quantitative estimate of drug-likeness (QED) is 0.775. The SMILES string of the molecule is Cc1ccc(C)c(CS(N)(=O)=O)c1. The second-order valence-corrected chi connectivity index (χ2v) is 4.85. The van der Waals surface area contributed by atoms with Crippen LogP contribution in [0, 0.1) is 13.8 Å². The van der Waals surface area contributed by atoms with Crippen LogP contribution < -0.4 is 5.14 Å². The first-order valence-electron chi connectivity index (χ1n) is 3.95. The molecule has 1 rings (SSSR count). The summed E-state index contributed by atoms with van der Waals surface area (Å²) in [4.78, 5) is 0. The van der Waals surface area contributed by atoms with Gasteiger partial charge in [0, 0.05) is 0 Å². The minimum atomic E-state index is -3.42. The van der Waals surface area contributed by atoms with Crippen LogP contribution in [0.2, 0.25) is 0 Å². The number of primary sulfonamides is 1. The van der Waals surface area contributed by atoms with Gasteiger partial charge >= 0.3 is 0 Å². The maximum Gasteiger partial charge on any atom is 0.213 e. The zero-order chi connectivity index (χ0) is 10.1. The zero-order valence-corrected chi connectivity index (χ0v) is 8.56. The second kappa shape index (κ2) is 3.47. The van der Waals surface area contributed by atoms with E-state index < -0.39 is 10.0 Å². The lowest BCUT2D eigenvalue weighted by Gasteiger charge is -2.04. The van der Waals surface area contributed by atoms with Gasteiger partial charge in [-0.1, -0.05) is 23.8 Å². The number of aryl methyl sites for hydroxylation is 2. The van der Waals surface area contributed by atoms with Gasteiger partial charge in [-0.3, -0.25) is 0 Å². The molecule has 13 heavy (non-hydrogen) atoms. The first kappa shape index (κ1) is 10.2. The van der Waals surface area contributed by atoms with Crippen LogP contribution in [-0.2, 0) is 15.8 Å². The lowest BCUT2D eigenvalue weighted by Crippen LogP contribution is -2.15. The molecular formula is C9H13NO2S. The highest BCUT2D eigenvalue weighted by Crippen LogP contribution is 2.12. The van der Waals surface area contributed by atoms with Crippen molar-refractivity contribution in [2.45, 2.75) is 19.6 Å². The Balaban J connectivity index is 3.08. The first-order valence-corrected chi connectivity index (χ1v) is 5.66. The second-order valence-electron chi connectivity index (χ2n) is 3.24. The van der Waals surface area contributed by atoms with Gasteiger partial charge in [0.05, 0.1) is 5.75 Å². The molecule has 1 aromatic carbocycles. The summed E-state index contributed by atoms with van der Waals surface area (Å²) >= 11 is 0. The van der Waals surface area contributed by atoms with Crippen LogP contribution in [0.25, 0.3) is 0 Å². The Morgan fingerprint density at radius 1 is 1.31 bits per heavy atom. The maximum absolute atomic E-state index is 10.8.